The van der Waals surface area contributed by atoms with Crippen LogP contribution >= 0.6 is 23.5 Å². The van der Waals surface area contributed by atoms with Crippen LogP contribution in [0.3, 0.4) is 0 Å². The zero-order valence-electron chi connectivity index (χ0n) is 9.83. The van der Waals surface area contributed by atoms with Gasteiger partial charge in [-0.05, 0) is 18.1 Å². The van der Waals surface area contributed by atoms with Gasteiger partial charge in [0.25, 0.3) is 0 Å². The summed E-state index contributed by atoms with van der Waals surface area (Å²) in [5, 5.41) is 8.64. The summed E-state index contributed by atoms with van der Waals surface area (Å²) in [7, 11) is -5.66. The minimum Gasteiger partial charge on any atom is -0.480 e. The first-order chi connectivity index (χ1) is 8.96. The summed E-state index contributed by atoms with van der Waals surface area (Å²) in [6, 6.07) is 1.93. The Hall–Kier alpha value is -0.860. The van der Waals surface area contributed by atoms with E-state index >= 15 is 0 Å². The molecule has 0 amide bonds. The van der Waals surface area contributed by atoms with E-state index < -0.39 is 30.8 Å². The molecule has 10 heteroatoms. The second-order valence-electron chi connectivity index (χ2n) is 4.05. The summed E-state index contributed by atoms with van der Waals surface area (Å²) >= 11 is 2.79. The minimum absolute atomic E-state index is 0.101. The molecule has 0 heterocycles. The van der Waals surface area contributed by atoms with E-state index in [2.05, 4.69) is 15.9 Å². The number of hydrogen-bond donors (Lipinski definition) is 4. The maximum Gasteiger partial charge on any atom is 0.399 e. The van der Waals surface area contributed by atoms with Crippen LogP contribution in [0, 0.1) is 0 Å². The zero-order valence-corrected chi connectivity index (χ0v) is 12.3. The highest BCUT2D eigenvalue weighted by atomic mass is 79.9. The van der Waals surface area contributed by atoms with Gasteiger partial charge in [0, 0.05) is 10.0 Å². The lowest BCUT2D eigenvalue weighted by atomic mass is 10.0. The second-order valence-corrected chi connectivity index (χ2v) is 6.55. The van der Waals surface area contributed by atoms with Crippen molar-refractivity contribution in [2.45, 2.75) is 18.1 Å². The van der Waals surface area contributed by atoms with Crippen molar-refractivity contribution >= 4 is 29.5 Å². The maximum absolute atomic E-state index is 13.5. The van der Waals surface area contributed by atoms with E-state index in [-0.39, 0.29) is 10.9 Å². The average Bonchev–Trinajstić information content (AvgIpc) is 2.26. The number of carboxylic acid groups (broad SMARTS) is 1. The molecule has 1 rings (SSSR count). The summed E-state index contributed by atoms with van der Waals surface area (Å²) in [6.45, 7) is 0. The number of carboxylic acids is 1. The van der Waals surface area contributed by atoms with Crippen molar-refractivity contribution in [3.8, 4) is 0 Å². The molecule has 0 spiro atoms. The summed E-state index contributed by atoms with van der Waals surface area (Å²) in [6.07, 6.45) is -0.101. The maximum atomic E-state index is 13.5. The van der Waals surface area contributed by atoms with E-state index in [1.54, 1.807) is 0 Å². The second kappa shape index (κ2) is 5.87. The molecule has 0 saturated carbocycles. The van der Waals surface area contributed by atoms with Crippen molar-refractivity contribution in [3.63, 3.8) is 0 Å². The number of nitrogens with two attached hydrogens (primary N) is 1. The van der Waals surface area contributed by atoms with Crippen LogP contribution in [0.25, 0.3) is 0 Å². The lowest BCUT2D eigenvalue weighted by molar-refractivity contribution is -0.138. The predicted molar refractivity (Wildman–Crippen MR) is 69.4 cm³/mol. The highest BCUT2D eigenvalue weighted by Crippen LogP contribution is 2.60. The third-order valence-corrected chi connectivity index (χ3v) is 4.12. The molecule has 1 aromatic rings. The van der Waals surface area contributed by atoms with Gasteiger partial charge in [-0.1, -0.05) is 28.1 Å². The molecule has 20 heavy (non-hydrogen) atoms. The predicted octanol–water partition coefficient (Wildman–Crippen LogP) is 1.63. The highest BCUT2D eigenvalue weighted by molar-refractivity contribution is 9.10. The number of halogens is 3. The van der Waals surface area contributed by atoms with Crippen molar-refractivity contribution in [1.29, 1.82) is 0 Å². The van der Waals surface area contributed by atoms with Crippen molar-refractivity contribution in [3.05, 3.63) is 33.8 Å². The molecule has 0 fully saturated rings. The van der Waals surface area contributed by atoms with E-state index in [9.17, 15) is 18.1 Å². The summed E-state index contributed by atoms with van der Waals surface area (Å²) < 4.78 is 37.6. The van der Waals surface area contributed by atoms with Crippen LogP contribution in [0.1, 0.15) is 11.1 Å². The number of aliphatic carboxylic acids is 1. The molecule has 0 bridgehead atoms. The SMILES string of the molecule is NC(Cc1ccc(C(F)(F)P(=O)(O)O)c(Br)c1)C(=O)O. The van der Waals surface area contributed by atoms with Gasteiger partial charge in [0.1, 0.15) is 6.04 Å². The quantitative estimate of drug-likeness (QED) is 0.582. The zero-order chi connectivity index (χ0) is 15.7. The lowest BCUT2D eigenvalue weighted by Crippen LogP contribution is -2.32. The Bertz CT molecular complexity index is 577. The fraction of sp³-hybridized carbons (Fsp3) is 0.300. The Morgan fingerprint density at radius 1 is 1.45 bits per heavy atom. The molecule has 6 nitrogen and oxygen atoms in total. The van der Waals surface area contributed by atoms with E-state index in [4.69, 9.17) is 20.6 Å². The Labute approximate surface area is 120 Å². The smallest absolute Gasteiger partial charge is 0.399 e. The topological polar surface area (TPSA) is 121 Å². The lowest BCUT2D eigenvalue weighted by Gasteiger charge is -2.19. The molecule has 0 radical (unpaired) electrons. The van der Waals surface area contributed by atoms with Crippen LogP contribution in [0.4, 0.5) is 8.78 Å². The average molecular weight is 374 g/mol. The standard InChI is InChI=1S/C10H11BrF2NO5P/c11-7-3-5(4-8(14)9(15)16)1-2-6(7)10(12,13)20(17,18)19/h1-3,8H,4,14H2,(H,15,16)(H2,17,18,19). The molecule has 0 saturated heterocycles. The van der Waals surface area contributed by atoms with E-state index in [1.807, 2.05) is 0 Å². The fourth-order valence-electron chi connectivity index (χ4n) is 1.43. The Kier molecular flexibility index (Phi) is 5.04. The van der Waals surface area contributed by atoms with Crippen LogP contribution in [0.15, 0.2) is 22.7 Å². The van der Waals surface area contributed by atoms with Crippen molar-refractivity contribution in [1.82, 2.24) is 0 Å². The third kappa shape index (κ3) is 3.62. The van der Waals surface area contributed by atoms with Crippen LogP contribution < -0.4 is 5.73 Å². The number of carbonyl (C=O) groups is 1. The molecular formula is C10H11BrF2NO5P. The van der Waals surface area contributed by atoms with Crippen molar-refractivity contribution in [2.75, 3.05) is 0 Å². The molecular weight excluding hydrogens is 363 g/mol. The van der Waals surface area contributed by atoms with Crippen molar-refractivity contribution < 1.29 is 33.0 Å². The molecule has 1 atom stereocenters. The van der Waals surface area contributed by atoms with Gasteiger partial charge in [0.05, 0.1) is 0 Å². The van der Waals surface area contributed by atoms with Crippen molar-refractivity contribution in [2.24, 2.45) is 5.73 Å². The van der Waals surface area contributed by atoms with Crippen LogP contribution in [-0.4, -0.2) is 26.9 Å². The Balaban J connectivity index is 3.12. The van der Waals surface area contributed by atoms with Gasteiger partial charge >= 0.3 is 19.2 Å². The minimum atomic E-state index is -5.66. The van der Waals surface area contributed by atoms with E-state index in [0.29, 0.717) is 5.56 Å². The van der Waals surface area contributed by atoms with Crippen LogP contribution in [0.2, 0.25) is 0 Å². The Morgan fingerprint density at radius 3 is 2.40 bits per heavy atom. The molecule has 0 aliphatic carbocycles. The molecule has 0 aromatic heterocycles. The summed E-state index contributed by atoms with van der Waals surface area (Å²) in [5.41, 5.74) is 0.438. The third-order valence-electron chi connectivity index (χ3n) is 2.50. The monoisotopic (exact) mass is 373 g/mol. The highest BCUT2D eigenvalue weighted by Gasteiger charge is 2.51. The molecule has 1 unspecified atom stereocenters. The number of hydrogen-bond acceptors (Lipinski definition) is 3. The Morgan fingerprint density at radius 2 is 2.00 bits per heavy atom. The molecule has 112 valence electrons. The van der Waals surface area contributed by atoms with Crippen LogP contribution in [-0.2, 0) is 21.4 Å². The van der Waals surface area contributed by atoms with Gasteiger partial charge in [0.15, 0.2) is 0 Å². The van der Waals surface area contributed by atoms with Gasteiger partial charge in [-0.25, -0.2) is 0 Å². The number of rotatable bonds is 5. The van der Waals surface area contributed by atoms with E-state index in [1.165, 1.54) is 0 Å². The first-order valence-electron chi connectivity index (χ1n) is 5.17. The van der Waals surface area contributed by atoms with Gasteiger partial charge in [-0.3, -0.25) is 9.36 Å². The summed E-state index contributed by atoms with van der Waals surface area (Å²) in [4.78, 5) is 27.9. The molecule has 1 aromatic carbocycles. The fourth-order valence-corrected chi connectivity index (χ4v) is 2.76. The van der Waals surface area contributed by atoms with Crippen LogP contribution in [0.5, 0.6) is 0 Å². The van der Waals surface area contributed by atoms with Gasteiger partial charge in [0.2, 0.25) is 0 Å². The summed E-state index contributed by atoms with van der Waals surface area (Å²) in [5.74, 6) is -1.24. The number of alkyl halides is 2. The van der Waals surface area contributed by atoms with Gasteiger partial charge in [-0.2, -0.15) is 8.78 Å². The first kappa shape index (κ1) is 17.2. The number of benzene rings is 1. The largest absolute Gasteiger partial charge is 0.480 e. The first-order valence-corrected chi connectivity index (χ1v) is 7.58. The molecule has 0 aliphatic heterocycles. The van der Waals surface area contributed by atoms with Gasteiger partial charge in [-0.15, -0.1) is 0 Å². The molecule has 5 N–H and O–H groups in total. The van der Waals surface area contributed by atoms with E-state index in [0.717, 1.165) is 18.2 Å². The molecule has 0 aliphatic rings. The van der Waals surface area contributed by atoms with Gasteiger partial charge < -0.3 is 20.6 Å². The normalized spacial score (nSPS) is 14.1.